The van der Waals surface area contributed by atoms with Crippen LogP contribution in [0.25, 0.3) is 21.9 Å². The smallest absolute Gasteiger partial charge is 0.200 e. The summed E-state index contributed by atoms with van der Waals surface area (Å²) in [5, 5.41) is 1.15. The second-order valence-corrected chi connectivity index (χ2v) is 9.67. The van der Waals surface area contributed by atoms with Crippen LogP contribution in [0.2, 0.25) is 5.02 Å². The highest BCUT2D eigenvalue weighted by Gasteiger charge is 2.15. The number of nitrogens with zero attached hydrogens (tertiary/aromatic N) is 1. The van der Waals surface area contributed by atoms with Gasteiger partial charge >= 0.3 is 0 Å². The van der Waals surface area contributed by atoms with Crippen LogP contribution in [-0.4, -0.2) is 37.9 Å². The molecule has 0 bridgehead atoms. The molecule has 38 heavy (non-hydrogen) atoms. The summed E-state index contributed by atoms with van der Waals surface area (Å²) in [5.41, 5.74) is 1.99. The molecule has 0 aliphatic heterocycles. The zero-order valence-corrected chi connectivity index (χ0v) is 21.8. The molecule has 0 aliphatic carbocycles. The largest absolute Gasteiger partial charge is 0.488 e. The first kappa shape index (κ1) is 25.5. The van der Waals surface area contributed by atoms with Crippen molar-refractivity contribution >= 4 is 39.3 Å². The van der Waals surface area contributed by atoms with Crippen LogP contribution in [0.1, 0.15) is 15.9 Å². The number of halogens is 1. The predicted molar refractivity (Wildman–Crippen MR) is 150 cm³/mol. The van der Waals surface area contributed by atoms with Crippen molar-refractivity contribution < 1.29 is 18.7 Å². The second kappa shape index (κ2) is 11.1. The lowest BCUT2D eigenvalue weighted by Crippen LogP contribution is -2.19. The Kier molecular flexibility index (Phi) is 7.45. The summed E-state index contributed by atoms with van der Waals surface area (Å²) in [6, 6.07) is 24.9. The number of carbonyl (C=O) groups is 1. The number of hydrogen-bond donors (Lipinski definition) is 0. The second-order valence-electron chi connectivity index (χ2n) is 9.24. The first-order chi connectivity index (χ1) is 18.4. The number of rotatable bonds is 9. The number of benzene rings is 4. The van der Waals surface area contributed by atoms with Crippen molar-refractivity contribution in [2.24, 2.45) is 0 Å². The summed E-state index contributed by atoms with van der Waals surface area (Å²) in [4.78, 5) is 28.0. The molecule has 0 aliphatic rings. The van der Waals surface area contributed by atoms with Crippen LogP contribution in [0.5, 0.6) is 17.2 Å². The highest BCUT2D eigenvalue weighted by molar-refractivity contribution is 6.31. The summed E-state index contributed by atoms with van der Waals surface area (Å²) in [6.45, 7) is 1.10. The molecule has 0 spiro atoms. The van der Waals surface area contributed by atoms with Crippen molar-refractivity contribution in [2.75, 3.05) is 27.2 Å². The highest BCUT2D eigenvalue weighted by atomic mass is 35.5. The average molecular weight is 528 g/mol. The zero-order chi connectivity index (χ0) is 26.6. The number of likely N-dealkylation sites (N-methyl/N-ethyl adjacent to an activating group) is 1. The lowest BCUT2D eigenvalue weighted by atomic mass is 10.0. The molecule has 5 rings (SSSR count). The van der Waals surface area contributed by atoms with E-state index in [1.807, 2.05) is 49.3 Å². The molecule has 0 radical (unpaired) electrons. The van der Waals surface area contributed by atoms with Crippen molar-refractivity contribution in [3.63, 3.8) is 0 Å². The number of fused-ring (bicyclic) bond motifs is 2. The van der Waals surface area contributed by atoms with Crippen molar-refractivity contribution in [3.05, 3.63) is 111 Å². The van der Waals surface area contributed by atoms with Gasteiger partial charge in [-0.3, -0.25) is 9.59 Å². The molecule has 0 saturated carbocycles. The van der Waals surface area contributed by atoms with Crippen molar-refractivity contribution in [3.8, 4) is 17.2 Å². The van der Waals surface area contributed by atoms with Crippen LogP contribution < -0.4 is 14.9 Å². The molecule has 0 amide bonds. The number of Topliss-reactive ketones (excluding diaryl/α,β-unsaturated/α-hetero) is 1. The highest BCUT2D eigenvalue weighted by Crippen LogP contribution is 2.33. The van der Waals surface area contributed by atoms with E-state index >= 15 is 0 Å². The number of ether oxygens (including phenoxy) is 2. The third-order valence-corrected chi connectivity index (χ3v) is 6.29. The molecule has 0 saturated heterocycles. The van der Waals surface area contributed by atoms with Crippen molar-refractivity contribution in [1.29, 1.82) is 0 Å². The van der Waals surface area contributed by atoms with Gasteiger partial charge in [0.2, 0.25) is 5.43 Å². The summed E-state index contributed by atoms with van der Waals surface area (Å²) >= 11 is 6.27. The van der Waals surface area contributed by atoms with Gasteiger partial charge in [0.1, 0.15) is 23.7 Å². The Bertz CT molecular complexity index is 1680. The average Bonchev–Trinajstić information content (AvgIpc) is 2.90. The minimum Gasteiger partial charge on any atom is -0.488 e. The van der Waals surface area contributed by atoms with E-state index in [0.717, 1.165) is 5.56 Å². The molecule has 1 aromatic heterocycles. The lowest BCUT2D eigenvalue weighted by molar-refractivity contribution is 0.0992. The maximum Gasteiger partial charge on any atom is 0.200 e. The Morgan fingerprint density at radius 3 is 2.47 bits per heavy atom. The zero-order valence-electron chi connectivity index (χ0n) is 21.1. The maximum atomic E-state index is 13.3. The fourth-order valence-corrected chi connectivity index (χ4v) is 4.34. The number of hydrogen-bond acceptors (Lipinski definition) is 6. The van der Waals surface area contributed by atoms with Crippen LogP contribution >= 0.6 is 11.6 Å². The van der Waals surface area contributed by atoms with Crippen LogP contribution in [0, 0.1) is 0 Å². The molecule has 0 N–H and O–H groups in total. The van der Waals surface area contributed by atoms with E-state index in [1.54, 1.807) is 54.6 Å². The molecule has 0 unspecified atom stereocenters. The van der Waals surface area contributed by atoms with Gasteiger partial charge in [-0.2, -0.15) is 0 Å². The van der Waals surface area contributed by atoms with Gasteiger partial charge in [0.25, 0.3) is 0 Å². The predicted octanol–water partition coefficient (Wildman–Crippen LogP) is 6.76. The molecule has 192 valence electrons. The van der Waals surface area contributed by atoms with E-state index in [0.29, 0.717) is 69.3 Å². The van der Waals surface area contributed by atoms with Crippen molar-refractivity contribution in [1.82, 2.24) is 4.90 Å². The Morgan fingerprint density at radius 2 is 1.68 bits per heavy atom. The Labute approximate surface area is 225 Å². The van der Waals surface area contributed by atoms with E-state index in [2.05, 4.69) is 0 Å². The minimum atomic E-state index is -0.207. The fourth-order valence-electron chi connectivity index (χ4n) is 4.13. The first-order valence-corrected chi connectivity index (χ1v) is 12.6. The fraction of sp³-hybridized carbons (Fsp3) is 0.161. The van der Waals surface area contributed by atoms with E-state index in [4.69, 9.17) is 25.5 Å². The van der Waals surface area contributed by atoms with E-state index in [9.17, 15) is 9.59 Å². The third kappa shape index (κ3) is 5.72. The summed E-state index contributed by atoms with van der Waals surface area (Å²) in [7, 11) is 3.90. The minimum absolute atomic E-state index is 0.00177. The lowest BCUT2D eigenvalue weighted by Gasteiger charge is -2.13. The summed E-state index contributed by atoms with van der Waals surface area (Å²) in [6.07, 6.45) is 0.307. The van der Waals surface area contributed by atoms with Gasteiger partial charge in [-0.05, 0) is 50.0 Å². The summed E-state index contributed by atoms with van der Waals surface area (Å²) in [5.74, 6) is 1.38. The maximum absolute atomic E-state index is 13.3. The molecular weight excluding hydrogens is 502 g/mol. The standard InChI is InChI=1S/C31H26ClNO5/c1-33(2)13-14-36-29-18-22(32)17-26-30(35)25-12-11-24(19-28(25)38-31(26)29)37-23-10-6-9-21(16-23)27(34)15-20-7-4-3-5-8-20/h3-12,16-19H,13-15H2,1-2H3. The van der Waals surface area contributed by atoms with E-state index in [-0.39, 0.29) is 11.2 Å². The Hall–Kier alpha value is -4.13. The van der Waals surface area contributed by atoms with Gasteiger partial charge in [0.15, 0.2) is 17.1 Å². The van der Waals surface area contributed by atoms with Gasteiger partial charge in [-0.25, -0.2) is 0 Å². The topological polar surface area (TPSA) is 69.0 Å². The monoisotopic (exact) mass is 527 g/mol. The molecule has 1 heterocycles. The van der Waals surface area contributed by atoms with Crippen LogP contribution in [0.3, 0.4) is 0 Å². The molecule has 0 fully saturated rings. The van der Waals surface area contributed by atoms with Gasteiger partial charge in [0.05, 0.1) is 10.8 Å². The van der Waals surface area contributed by atoms with Crippen LogP contribution in [-0.2, 0) is 6.42 Å². The van der Waals surface area contributed by atoms with Crippen LogP contribution in [0.4, 0.5) is 0 Å². The molecular formula is C31H26ClNO5. The first-order valence-electron chi connectivity index (χ1n) is 12.2. The number of ketones is 1. The Morgan fingerprint density at radius 1 is 0.895 bits per heavy atom. The van der Waals surface area contributed by atoms with E-state index in [1.165, 1.54) is 0 Å². The molecule has 4 aromatic carbocycles. The quantitative estimate of drug-likeness (QED) is 0.156. The normalized spacial score (nSPS) is 11.3. The molecule has 6 nitrogen and oxygen atoms in total. The summed E-state index contributed by atoms with van der Waals surface area (Å²) < 4.78 is 18.1. The van der Waals surface area contributed by atoms with Gasteiger partial charge in [-0.1, -0.05) is 54.1 Å². The molecule has 7 heteroatoms. The van der Waals surface area contributed by atoms with E-state index < -0.39 is 0 Å². The van der Waals surface area contributed by atoms with Crippen molar-refractivity contribution in [2.45, 2.75) is 6.42 Å². The Balaban J connectivity index is 1.44. The van der Waals surface area contributed by atoms with Gasteiger partial charge < -0.3 is 18.8 Å². The SMILES string of the molecule is CN(C)CCOc1cc(Cl)cc2c(=O)c3ccc(Oc4cccc(C(=O)Cc5ccccc5)c4)cc3oc12. The van der Waals surface area contributed by atoms with Gasteiger partial charge in [0, 0.05) is 35.7 Å². The van der Waals surface area contributed by atoms with Gasteiger partial charge in [-0.15, -0.1) is 0 Å². The molecule has 5 aromatic rings. The number of carbonyl (C=O) groups excluding carboxylic acids is 1. The molecule has 0 atom stereocenters. The third-order valence-electron chi connectivity index (χ3n) is 6.07. The van der Waals surface area contributed by atoms with Crippen LogP contribution in [0.15, 0.2) is 94.1 Å².